The van der Waals surface area contributed by atoms with Crippen LogP contribution in [0.25, 0.3) is 17.2 Å². The smallest absolute Gasteiger partial charge is 0.416 e. The molecule has 0 saturated carbocycles. The first kappa shape index (κ1) is 14.1. The normalized spacial score (nSPS) is 14.4. The van der Waals surface area contributed by atoms with Crippen LogP contribution in [0.15, 0.2) is 60.7 Å². The molecule has 1 aliphatic heterocycles. The minimum atomic E-state index is -0.578. The van der Waals surface area contributed by atoms with Crippen LogP contribution in [0.2, 0.25) is 0 Å². The van der Waals surface area contributed by atoms with E-state index >= 15 is 0 Å². The van der Waals surface area contributed by atoms with Crippen molar-refractivity contribution < 1.29 is 14.3 Å². The quantitative estimate of drug-likeness (QED) is 0.815. The Morgan fingerprint density at radius 2 is 1.77 bits per heavy atom. The summed E-state index contributed by atoms with van der Waals surface area (Å²) >= 11 is 0. The van der Waals surface area contributed by atoms with Crippen molar-refractivity contribution in [2.45, 2.75) is 0 Å². The summed E-state index contributed by atoms with van der Waals surface area (Å²) in [7, 11) is 0. The third-order valence-electron chi connectivity index (χ3n) is 3.48. The lowest BCUT2D eigenvalue weighted by Crippen LogP contribution is -2.29. The van der Waals surface area contributed by atoms with Crippen LogP contribution in [0, 0.1) is 0 Å². The Morgan fingerprint density at radius 1 is 1.05 bits per heavy atom. The third kappa shape index (κ3) is 2.91. The molecule has 3 rings (SSSR count). The average Bonchev–Trinajstić information content (AvgIpc) is 3.00. The van der Waals surface area contributed by atoms with Crippen molar-refractivity contribution in [1.29, 1.82) is 0 Å². The number of amides is 2. The molecular formula is C18H15NO3. The Morgan fingerprint density at radius 3 is 2.50 bits per heavy atom. The van der Waals surface area contributed by atoms with E-state index < -0.39 is 6.09 Å². The van der Waals surface area contributed by atoms with Crippen LogP contribution in [0.1, 0.15) is 5.56 Å². The summed E-state index contributed by atoms with van der Waals surface area (Å²) in [4.78, 5) is 24.5. The molecule has 0 aliphatic carbocycles. The molecule has 4 heteroatoms. The Kier molecular flexibility index (Phi) is 4.01. The molecule has 0 bridgehead atoms. The first-order chi connectivity index (χ1) is 10.8. The highest BCUT2D eigenvalue weighted by atomic mass is 16.6. The van der Waals surface area contributed by atoms with E-state index in [1.807, 2.05) is 54.6 Å². The van der Waals surface area contributed by atoms with Crippen molar-refractivity contribution in [3.63, 3.8) is 0 Å². The molecule has 4 nitrogen and oxygen atoms in total. The largest absolute Gasteiger partial charge is 0.447 e. The Balaban J connectivity index is 1.85. The lowest BCUT2D eigenvalue weighted by atomic mass is 9.99. The van der Waals surface area contributed by atoms with Crippen LogP contribution < -0.4 is 0 Å². The molecule has 2 aromatic carbocycles. The Bertz CT molecular complexity index is 722. The van der Waals surface area contributed by atoms with E-state index in [0.717, 1.165) is 21.6 Å². The molecule has 0 spiro atoms. The van der Waals surface area contributed by atoms with Gasteiger partial charge in [0.05, 0.1) is 6.54 Å². The van der Waals surface area contributed by atoms with Gasteiger partial charge in [0.25, 0.3) is 5.91 Å². The second kappa shape index (κ2) is 6.26. The molecule has 1 saturated heterocycles. The number of rotatable bonds is 3. The van der Waals surface area contributed by atoms with Gasteiger partial charge < -0.3 is 4.74 Å². The van der Waals surface area contributed by atoms with E-state index in [4.69, 9.17) is 4.74 Å². The zero-order valence-electron chi connectivity index (χ0n) is 11.9. The lowest BCUT2D eigenvalue weighted by Gasteiger charge is -2.08. The van der Waals surface area contributed by atoms with Crippen molar-refractivity contribution in [2.75, 3.05) is 13.2 Å². The lowest BCUT2D eigenvalue weighted by molar-refractivity contribution is -0.122. The number of carbonyl (C=O) groups excluding carboxylic acids is 2. The van der Waals surface area contributed by atoms with Crippen molar-refractivity contribution in [3.8, 4) is 11.1 Å². The molecule has 2 aromatic rings. The number of carbonyl (C=O) groups is 2. The predicted molar refractivity (Wildman–Crippen MR) is 84.0 cm³/mol. The molecule has 1 aliphatic rings. The second-order valence-electron chi connectivity index (χ2n) is 4.89. The van der Waals surface area contributed by atoms with E-state index in [1.54, 1.807) is 6.08 Å². The van der Waals surface area contributed by atoms with Crippen LogP contribution in [0.5, 0.6) is 0 Å². The summed E-state index contributed by atoms with van der Waals surface area (Å²) in [6.45, 7) is 0.571. The van der Waals surface area contributed by atoms with Crippen LogP contribution in [-0.2, 0) is 9.53 Å². The van der Waals surface area contributed by atoms with Gasteiger partial charge in [-0.2, -0.15) is 0 Å². The fourth-order valence-corrected chi connectivity index (χ4v) is 2.37. The highest BCUT2D eigenvalue weighted by molar-refractivity contribution is 6.02. The topological polar surface area (TPSA) is 46.6 Å². The third-order valence-corrected chi connectivity index (χ3v) is 3.48. The fourth-order valence-electron chi connectivity index (χ4n) is 2.37. The summed E-state index contributed by atoms with van der Waals surface area (Å²) in [6, 6.07) is 17.8. The molecule has 1 heterocycles. The number of nitrogens with zero attached hydrogens (tertiary/aromatic N) is 1. The second-order valence-corrected chi connectivity index (χ2v) is 4.89. The van der Waals surface area contributed by atoms with Gasteiger partial charge in [0, 0.05) is 6.08 Å². The standard InChI is InChI=1S/C18H15NO3/c20-17(19-12-13-22-18(19)21)11-10-15-8-4-5-9-16(15)14-6-2-1-3-7-14/h1-11H,12-13H2/b11-10+. The summed E-state index contributed by atoms with van der Waals surface area (Å²) < 4.78 is 4.76. The molecule has 0 N–H and O–H groups in total. The molecule has 2 amide bonds. The molecule has 0 aromatic heterocycles. The van der Waals surface area contributed by atoms with Gasteiger partial charge in [0.2, 0.25) is 0 Å². The summed E-state index contributed by atoms with van der Waals surface area (Å²) in [5.74, 6) is -0.356. The maximum atomic E-state index is 12.0. The van der Waals surface area contributed by atoms with Gasteiger partial charge in [-0.15, -0.1) is 0 Å². The van der Waals surface area contributed by atoms with E-state index in [1.165, 1.54) is 6.08 Å². The Labute approximate surface area is 128 Å². The molecule has 110 valence electrons. The van der Waals surface area contributed by atoms with E-state index in [2.05, 4.69) is 0 Å². The zero-order valence-corrected chi connectivity index (χ0v) is 11.9. The van der Waals surface area contributed by atoms with Gasteiger partial charge in [-0.1, -0.05) is 54.6 Å². The van der Waals surface area contributed by atoms with Crippen LogP contribution in [-0.4, -0.2) is 30.1 Å². The molecule has 0 radical (unpaired) electrons. The predicted octanol–water partition coefficient (Wildman–Crippen LogP) is 3.35. The average molecular weight is 293 g/mol. The maximum absolute atomic E-state index is 12.0. The van der Waals surface area contributed by atoms with Gasteiger partial charge in [-0.25, -0.2) is 9.69 Å². The summed E-state index contributed by atoms with van der Waals surface area (Å²) in [5, 5.41) is 0. The summed E-state index contributed by atoms with van der Waals surface area (Å²) in [5.41, 5.74) is 3.04. The number of hydrogen-bond acceptors (Lipinski definition) is 3. The van der Waals surface area contributed by atoms with Crippen molar-refractivity contribution >= 4 is 18.1 Å². The molecule has 1 fully saturated rings. The molecular weight excluding hydrogens is 278 g/mol. The van der Waals surface area contributed by atoms with Crippen molar-refractivity contribution in [2.24, 2.45) is 0 Å². The van der Waals surface area contributed by atoms with Gasteiger partial charge in [0.15, 0.2) is 0 Å². The van der Waals surface area contributed by atoms with Gasteiger partial charge in [-0.3, -0.25) is 4.79 Å². The van der Waals surface area contributed by atoms with Crippen LogP contribution in [0.4, 0.5) is 4.79 Å². The number of benzene rings is 2. The zero-order chi connectivity index (χ0) is 15.4. The fraction of sp³-hybridized carbons (Fsp3) is 0.111. The number of hydrogen-bond donors (Lipinski definition) is 0. The van der Waals surface area contributed by atoms with Gasteiger partial charge >= 0.3 is 6.09 Å². The highest BCUT2D eigenvalue weighted by Gasteiger charge is 2.26. The SMILES string of the molecule is O=C(/C=C/c1ccccc1-c1ccccc1)N1CCOC1=O. The maximum Gasteiger partial charge on any atom is 0.416 e. The first-order valence-corrected chi connectivity index (χ1v) is 7.06. The van der Waals surface area contributed by atoms with Crippen LogP contribution in [0.3, 0.4) is 0 Å². The number of ether oxygens (including phenoxy) is 1. The molecule has 0 atom stereocenters. The first-order valence-electron chi connectivity index (χ1n) is 7.06. The summed E-state index contributed by atoms with van der Waals surface area (Å²) in [6.07, 6.45) is 2.57. The number of cyclic esters (lactones) is 1. The monoisotopic (exact) mass is 293 g/mol. The van der Waals surface area contributed by atoms with Gasteiger partial charge in [0.1, 0.15) is 6.61 Å². The van der Waals surface area contributed by atoms with Crippen molar-refractivity contribution in [1.82, 2.24) is 4.90 Å². The molecule has 0 unspecified atom stereocenters. The number of imide groups is 1. The van der Waals surface area contributed by atoms with Crippen LogP contribution >= 0.6 is 0 Å². The van der Waals surface area contributed by atoms with Gasteiger partial charge in [-0.05, 0) is 22.8 Å². The Hall–Kier alpha value is -2.88. The minimum absolute atomic E-state index is 0.263. The highest BCUT2D eigenvalue weighted by Crippen LogP contribution is 2.24. The van der Waals surface area contributed by atoms with E-state index in [9.17, 15) is 9.59 Å². The van der Waals surface area contributed by atoms with Crippen molar-refractivity contribution in [3.05, 3.63) is 66.2 Å². The van der Waals surface area contributed by atoms with E-state index in [0.29, 0.717) is 6.54 Å². The van der Waals surface area contributed by atoms with E-state index in [-0.39, 0.29) is 12.5 Å². The molecule has 22 heavy (non-hydrogen) atoms. The minimum Gasteiger partial charge on any atom is -0.447 e.